The Morgan fingerprint density at radius 1 is 1.21 bits per heavy atom. The molecule has 19 heavy (non-hydrogen) atoms. The summed E-state index contributed by atoms with van der Waals surface area (Å²) in [6.45, 7) is 1.83. The molecule has 2 aliphatic rings. The van der Waals surface area contributed by atoms with Gasteiger partial charge in [0.15, 0.2) is 0 Å². The first kappa shape index (κ1) is 15.2. The number of hydrogen-bond donors (Lipinski definition) is 1. The molecule has 2 rings (SSSR count). The summed E-state index contributed by atoms with van der Waals surface area (Å²) in [5, 5.41) is 0.411. The largest absolute Gasteiger partial charge is 0.415 e. The minimum absolute atomic E-state index is 0.213. The Hall–Kier alpha value is -0.210. The molecule has 2 fully saturated rings. The van der Waals surface area contributed by atoms with Gasteiger partial charge >= 0.3 is 12.4 Å². The summed E-state index contributed by atoms with van der Waals surface area (Å²) in [5.74, 6) is -1.77. The van der Waals surface area contributed by atoms with Crippen LogP contribution >= 0.6 is 11.6 Å². The Bertz CT molecular complexity index is 343. The number of hydrogen-bond acceptors (Lipinski definition) is 2. The van der Waals surface area contributed by atoms with E-state index in [-0.39, 0.29) is 13.0 Å². The van der Waals surface area contributed by atoms with Gasteiger partial charge in [0.1, 0.15) is 0 Å². The summed E-state index contributed by atoms with van der Waals surface area (Å²) >= 11 is 5.76. The highest BCUT2D eigenvalue weighted by Crippen LogP contribution is 2.58. The van der Waals surface area contributed by atoms with Gasteiger partial charge in [-0.25, -0.2) is 0 Å². The summed E-state index contributed by atoms with van der Waals surface area (Å²) < 4.78 is 83.0. The van der Waals surface area contributed by atoms with Crippen molar-refractivity contribution in [3.05, 3.63) is 0 Å². The number of fused-ring (bicyclic) bond motifs is 2. The molecule has 1 saturated carbocycles. The second-order valence-corrected chi connectivity index (χ2v) is 5.26. The van der Waals surface area contributed by atoms with Gasteiger partial charge in [-0.1, -0.05) is 0 Å². The van der Waals surface area contributed by atoms with E-state index in [1.165, 1.54) is 0 Å². The molecule has 4 unspecified atom stereocenters. The molecular formula is C10H12ClF6NO. The summed E-state index contributed by atoms with van der Waals surface area (Å²) in [6, 6.07) is -1.14. The molecule has 1 N–H and O–H groups in total. The Morgan fingerprint density at radius 2 is 1.74 bits per heavy atom. The molecule has 1 aliphatic carbocycles. The lowest BCUT2D eigenvalue weighted by Crippen LogP contribution is -2.70. The first-order valence-electron chi connectivity index (χ1n) is 5.73. The molecule has 1 heterocycles. The third-order valence-electron chi connectivity index (χ3n) is 3.84. The SMILES string of the molecule is CCOC1CC2C(Cl)C1NC2(C(F)(F)F)C(F)(F)F. The Kier molecular flexibility index (Phi) is 3.51. The van der Waals surface area contributed by atoms with Gasteiger partial charge in [0, 0.05) is 12.5 Å². The van der Waals surface area contributed by atoms with E-state index < -0.39 is 41.3 Å². The quantitative estimate of drug-likeness (QED) is 0.625. The maximum absolute atomic E-state index is 13.0. The van der Waals surface area contributed by atoms with Crippen LogP contribution in [-0.4, -0.2) is 42.0 Å². The van der Waals surface area contributed by atoms with E-state index in [4.69, 9.17) is 16.3 Å². The zero-order valence-corrected chi connectivity index (χ0v) is 10.5. The first-order chi connectivity index (χ1) is 8.56. The Morgan fingerprint density at radius 3 is 2.05 bits per heavy atom. The molecule has 0 radical (unpaired) electrons. The molecule has 2 nitrogen and oxygen atoms in total. The average Bonchev–Trinajstić information content (AvgIpc) is 2.68. The van der Waals surface area contributed by atoms with Crippen molar-refractivity contribution in [2.24, 2.45) is 5.92 Å². The van der Waals surface area contributed by atoms with Gasteiger partial charge in [0.05, 0.1) is 17.5 Å². The fraction of sp³-hybridized carbons (Fsp3) is 1.00. The number of rotatable bonds is 2. The number of ether oxygens (including phenoxy) is 1. The molecule has 0 amide bonds. The zero-order chi connectivity index (χ0) is 14.6. The van der Waals surface area contributed by atoms with E-state index in [0.717, 1.165) is 0 Å². The molecule has 4 atom stereocenters. The zero-order valence-electron chi connectivity index (χ0n) is 9.78. The monoisotopic (exact) mass is 311 g/mol. The average molecular weight is 312 g/mol. The molecule has 0 aromatic heterocycles. The van der Waals surface area contributed by atoms with E-state index in [0.29, 0.717) is 0 Å². The lowest BCUT2D eigenvalue weighted by atomic mass is 9.82. The molecule has 1 saturated heterocycles. The fourth-order valence-corrected chi connectivity index (χ4v) is 3.59. The predicted octanol–water partition coefficient (Wildman–Crippen LogP) is 2.85. The maximum Gasteiger partial charge on any atom is 0.415 e. The third kappa shape index (κ3) is 1.94. The molecular weight excluding hydrogens is 300 g/mol. The molecule has 1 aliphatic heterocycles. The van der Waals surface area contributed by atoms with Crippen LogP contribution in [0, 0.1) is 5.92 Å². The normalized spacial score (nSPS) is 37.9. The smallest absolute Gasteiger partial charge is 0.377 e. The van der Waals surface area contributed by atoms with Crippen LogP contribution in [0.3, 0.4) is 0 Å². The van der Waals surface area contributed by atoms with Crippen LogP contribution in [0.1, 0.15) is 13.3 Å². The van der Waals surface area contributed by atoms with E-state index >= 15 is 0 Å². The van der Waals surface area contributed by atoms with Crippen molar-refractivity contribution in [1.82, 2.24) is 5.32 Å². The summed E-state index contributed by atoms with van der Waals surface area (Å²) in [5.41, 5.74) is -3.93. The number of nitrogens with one attached hydrogen (secondary N) is 1. The standard InChI is InChI=1S/C10H12ClF6NO/c1-2-19-5-3-4-6(11)7(5)18-8(4,9(12,13)14)10(15,16)17/h4-7,18H,2-3H2,1H3. The maximum atomic E-state index is 13.0. The van der Waals surface area contributed by atoms with Gasteiger partial charge in [-0.2, -0.15) is 26.3 Å². The van der Waals surface area contributed by atoms with Crippen molar-refractivity contribution >= 4 is 11.6 Å². The van der Waals surface area contributed by atoms with Crippen LogP contribution in [0.25, 0.3) is 0 Å². The molecule has 0 spiro atoms. The minimum atomic E-state index is -5.45. The number of piperidine rings is 1. The highest BCUT2D eigenvalue weighted by atomic mass is 35.5. The van der Waals surface area contributed by atoms with Gasteiger partial charge in [0.25, 0.3) is 0 Å². The van der Waals surface area contributed by atoms with E-state index in [2.05, 4.69) is 0 Å². The summed E-state index contributed by atoms with van der Waals surface area (Å²) in [6.07, 6.45) is -12.0. The van der Waals surface area contributed by atoms with Crippen molar-refractivity contribution in [2.75, 3.05) is 6.61 Å². The van der Waals surface area contributed by atoms with Crippen molar-refractivity contribution in [3.63, 3.8) is 0 Å². The molecule has 9 heteroatoms. The van der Waals surface area contributed by atoms with Crippen molar-refractivity contribution in [1.29, 1.82) is 0 Å². The van der Waals surface area contributed by atoms with Gasteiger partial charge in [-0.15, -0.1) is 11.6 Å². The first-order valence-corrected chi connectivity index (χ1v) is 6.16. The van der Waals surface area contributed by atoms with Crippen molar-refractivity contribution < 1.29 is 31.1 Å². The van der Waals surface area contributed by atoms with E-state index in [9.17, 15) is 26.3 Å². The number of halogens is 7. The van der Waals surface area contributed by atoms with Crippen LogP contribution in [0.5, 0.6) is 0 Å². The van der Waals surface area contributed by atoms with Crippen LogP contribution in [0.4, 0.5) is 26.3 Å². The van der Waals surface area contributed by atoms with Crippen LogP contribution in [0.15, 0.2) is 0 Å². The lowest BCUT2D eigenvalue weighted by molar-refractivity contribution is -0.321. The van der Waals surface area contributed by atoms with Crippen LogP contribution in [0.2, 0.25) is 0 Å². The summed E-state index contributed by atoms with van der Waals surface area (Å²) in [4.78, 5) is 0. The second kappa shape index (κ2) is 4.39. The van der Waals surface area contributed by atoms with Gasteiger partial charge in [0.2, 0.25) is 5.54 Å². The van der Waals surface area contributed by atoms with Crippen LogP contribution < -0.4 is 5.32 Å². The van der Waals surface area contributed by atoms with Crippen molar-refractivity contribution in [3.8, 4) is 0 Å². The Labute approximate surface area is 110 Å². The minimum Gasteiger partial charge on any atom is -0.377 e. The molecule has 112 valence electrons. The predicted molar refractivity (Wildman–Crippen MR) is 54.9 cm³/mol. The fourth-order valence-electron chi connectivity index (χ4n) is 3.07. The third-order valence-corrected chi connectivity index (χ3v) is 4.42. The molecule has 0 aromatic carbocycles. The van der Waals surface area contributed by atoms with Crippen molar-refractivity contribution in [2.45, 2.75) is 48.8 Å². The summed E-state index contributed by atoms with van der Waals surface area (Å²) in [7, 11) is 0. The molecule has 2 bridgehead atoms. The highest BCUT2D eigenvalue weighted by Gasteiger charge is 2.81. The van der Waals surface area contributed by atoms with E-state index in [1.807, 2.05) is 0 Å². The van der Waals surface area contributed by atoms with Gasteiger partial charge in [-0.05, 0) is 13.3 Å². The Balaban J connectivity index is 2.37. The van der Waals surface area contributed by atoms with Gasteiger partial charge in [-0.3, -0.25) is 5.32 Å². The number of alkyl halides is 7. The van der Waals surface area contributed by atoms with Gasteiger partial charge < -0.3 is 4.74 Å². The highest BCUT2D eigenvalue weighted by molar-refractivity contribution is 6.22. The lowest BCUT2D eigenvalue weighted by Gasteiger charge is -2.42. The second-order valence-electron chi connectivity index (χ2n) is 4.75. The molecule has 0 aromatic rings. The topological polar surface area (TPSA) is 21.3 Å². The van der Waals surface area contributed by atoms with Crippen LogP contribution in [-0.2, 0) is 4.74 Å². The van der Waals surface area contributed by atoms with E-state index in [1.54, 1.807) is 12.2 Å².